The summed E-state index contributed by atoms with van der Waals surface area (Å²) in [6, 6.07) is 16.2. The largest absolute Gasteiger partial charge is 0.496 e. The van der Waals surface area contributed by atoms with Crippen molar-refractivity contribution in [2.24, 2.45) is 0 Å². The first-order valence-corrected chi connectivity index (χ1v) is 10.3. The molecule has 0 fully saturated rings. The lowest BCUT2D eigenvalue weighted by Crippen LogP contribution is -2.13. The van der Waals surface area contributed by atoms with Gasteiger partial charge in [-0.25, -0.2) is 0 Å². The van der Waals surface area contributed by atoms with Gasteiger partial charge in [-0.1, -0.05) is 22.9 Å². The first-order chi connectivity index (χ1) is 14.8. The van der Waals surface area contributed by atoms with Crippen LogP contribution in [0.1, 0.15) is 16.8 Å². The Hall–Kier alpha value is -3.22. The maximum Gasteiger partial charge on any atom is 0.496 e. The molecule has 0 aliphatic rings. The topological polar surface area (TPSA) is 56.5 Å². The molecule has 0 saturated heterocycles. The zero-order valence-electron chi connectivity index (χ0n) is 16.7. The van der Waals surface area contributed by atoms with Gasteiger partial charge in [0.25, 0.3) is 6.72 Å². The summed E-state index contributed by atoms with van der Waals surface area (Å²) in [7, 11) is 0. The van der Waals surface area contributed by atoms with E-state index in [4.69, 9.17) is 4.74 Å². The van der Waals surface area contributed by atoms with Crippen LogP contribution in [0.25, 0.3) is 11.3 Å². The van der Waals surface area contributed by atoms with Crippen molar-refractivity contribution in [1.29, 1.82) is 0 Å². The molecular formula is C23H20F3N2O2S+. The lowest BCUT2D eigenvalue weighted by molar-refractivity contribution is -0.137. The maximum atomic E-state index is 12.8. The van der Waals surface area contributed by atoms with Gasteiger partial charge in [0.05, 0.1) is 17.0 Å². The van der Waals surface area contributed by atoms with Crippen LogP contribution in [0.2, 0.25) is 0 Å². The number of benzene rings is 2. The Morgan fingerprint density at radius 2 is 1.87 bits per heavy atom. The second-order valence-corrected chi connectivity index (χ2v) is 7.72. The van der Waals surface area contributed by atoms with E-state index >= 15 is 0 Å². The molecule has 1 N–H and O–H groups in total. The quantitative estimate of drug-likeness (QED) is 0.227. The van der Waals surface area contributed by atoms with Crippen LogP contribution in [0.5, 0.6) is 5.75 Å². The maximum absolute atomic E-state index is 12.8. The van der Waals surface area contributed by atoms with Crippen molar-refractivity contribution in [2.45, 2.75) is 23.7 Å². The number of pyridine rings is 1. The van der Waals surface area contributed by atoms with Crippen LogP contribution in [0.3, 0.4) is 0 Å². The highest BCUT2D eigenvalue weighted by Gasteiger charge is 2.30. The molecular weight excluding hydrogens is 425 g/mol. The minimum Gasteiger partial charge on any atom is -0.477 e. The number of rotatable bonds is 7. The summed E-state index contributed by atoms with van der Waals surface area (Å²) in [5.41, 5.74) is 2.30. The standard InChI is InChI=1S/C23H19F3N2O2S/c1-15-12-19(10-11-21(15)30-13-22(29)27-2)31-14-18-4-3-5-20(28-18)16-6-8-17(9-7-16)23(24,25)26/h3-12H,2,13-14H2,1H3/p+1. The molecule has 3 aromatic rings. The molecule has 0 atom stereocenters. The number of aromatic nitrogens is 1. The number of ether oxygens (including phenoxy) is 1. The highest BCUT2D eigenvalue weighted by atomic mass is 32.2. The van der Waals surface area contributed by atoms with Crippen LogP contribution in [0, 0.1) is 6.92 Å². The van der Waals surface area contributed by atoms with Crippen LogP contribution in [-0.2, 0) is 11.9 Å². The van der Waals surface area contributed by atoms with Crippen molar-refractivity contribution in [2.75, 3.05) is 6.61 Å². The van der Waals surface area contributed by atoms with Crippen LogP contribution in [0.4, 0.5) is 13.2 Å². The van der Waals surface area contributed by atoms with E-state index in [0.29, 0.717) is 22.8 Å². The van der Waals surface area contributed by atoms with E-state index in [-0.39, 0.29) is 12.5 Å². The summed E-state index contributed by atoms with van der Waals surface area (Å²) in [4.78, 5) is 5.59. The first-order valence-electron chi connectivity index (χ1n) is 9.27. The van der Waals surface area contributed by atoms with Crippen molar-refractivity contribution in [1.82, 2.24) is 9.65 Å². The highest BCUT2D eigenvalue weighted by molar-refractivity contribution is 7.98. The molecule has 3 rings (SSSR count). The summed E-state index contributed by atoms with van der Waals surface area (Å²) in [6.07, 6.45) is -4.36. The Labute approximate surface area is 182 Å². The number of aliphatic hydroxyl groups excluding tert-OH is 1. The molecule has 0 bridgehead atoms. The van der Waals surface area contributed by atoms with Gasteiger partial charge in [-0.15, -0.1) is 11.8 Å². The first kappa shape index (κ1) is 22.5. The molecule has 31 heavy (non-hydrogen) atoms. The lowest BCUT2D eigenvalue weighted by atomic mass is 10.1. The molecule has 0 spiro atoms. The summed E-state index contributed by atoms with van der Waals surface area (Å²) < 4.78 is 47.1. The third-order valence-corrected chi connectivity index (χ3v) is 5.41. The summed E-state index contributed by atoms with van der Waals surface area (Å²) in [5.74, 6) is 1.06. The molecule has 0 amide bonds. The number of nitrogens with zero attached hydrogens (tertiary/aromatic N) is 2. The summed E-state index contributed by atoms with van der Waals surface area (Å²) in [6.45, 7) is 5.09. The minimum absolute atomic E-state index is 0.0442. The second-order valence-electron chi connectivity index (χ2n) is 6.67. The van der Waals surface area contributed by atoms with Crippen molar-refractivity contribution in [3.63, 3.8) is 0 Å². The molecule has 1 heterocycles. The fraction of sp³-hybridized carbons (Fsp3) is 0.174. The average molecular weight is 445 g/mol. The number of halogens is 3. The number of hydrogen-bond donors (Lipinski definition) is 1. The molecule has 0 saturated carbocycles. The highest BCUT2D eigenvalue weighted by Crippen LogP contribution is 2.31. The molecule has 0 aliphatic carbocycles. The minimum atomic E-state index is -4.36. The van der Waals surface area contributed by atoms with E-state index in [1.165, 1.54) is 12.1 Å². The number of alkyl halides is 3. The second kappa shape index (κ2) is 9.73. The predicted molar refractivity (Wildman–Crippen MR) is 118 cm³/mol. The van der Waals surface area contributed by atoms with Crippen LogP contribution < -0.4 is 9.40 Å². The van der Waals surface area contributed by atoms with E-state index in [0.717, 1.165) is 28.3 Å². The van der Waals surface area contributed by atoms with Crippen molar-refractivity contribution in [3.8, 4) is 17.0 Å². The zero-order chi connectivity index (χ0) is 22.4. The Morgan fingerprint density at radius 1 is 1.13 bits per heavy atom. The monoisotopic (exact) mass is 445 g/mol. The smallest absolute Gasteiger partial charge is 0.477 e. The zero-order valence-corrected chi connectivity index (χ0v) is 17.5. The van der Waals surface area contributed by atoms with Gasteiger partial charge in [-0.3, -0.25) is 4.98 Å². The van der Waals surface area contributed by atoms with Gasteiger partial charge >= 0.3 is 12.1 Å². The number of hydrogen-bond acceptors (Lipinski definition) is 3. The van der Waals surface area contributed by atoms with Crippen LogP contribution in [-0.4, -0.2) is 29.3 Å². The molecule has 2 aromatic carbocycles. The SMILES string of the molecule is C=[N+]=C(O)COc1ccc(SCc2cccc(-c3ccc(C(F)(F)F)cc3)n2)cc1C. The number of thioether (sulfide) groups is 1. The van der Waals surface area contributed by atoms with Gasteiger partial charge < -0.3 is 9.84 Å². The van der Waals surface area contributed by atoms with E-state index in [2.05, 4.69) is 16.4 Å². The molecule has 0 aliphatic heterocycles. The normalized spacial score (nSPS) is 11.1. The Kier molecular flexibility index (Phi) is 7.05. The summed E-state index contributed by atoms with van der Waals surface area (Å²) in [5, 5.41) is 9.33. The lowest BCUT2D eigenvalue weighted by Gasteiger charge is -2.09. The Balaban J connectivity index is 1.66. The van der Waals surface area contributed by atoms with Crippen molar-refractivity contribution < 1.29 is 23.0 Å². The number of aryl methyl sites for hydroxylation is 1. The van der Waals surface area contributed by atoms with Crippen LogP contribution >= 0.6 is 11.8 Å². The Morgan fingerprint density at radius 3 is 2.52 bits per heavy atom. The molecule has 0 unspecified atom stereocenters. The van der Waals surface area contributed by atoms with E-state index in [9.17, 15) is 18.3 Å². The van der Waals surface area contributed by atoms with E-state index in [1.807, 2.05) is 37.3 Å². The fourth-order valence-corrected chi connectivity index (χ4v) is 3.67. The van der Waals surface area contributed by atoms with Crippen LogP contribution in [0.15, 0.2) is 65.6 Å². The van der Waals surface area contributed by atoms with Crippen molar-refractivity contribution >= 4 is 24.4 Å². The fourth-order valence-electron chi connectivity index (χ4n) is 2.77. The van der Waals surface area contributed by atoms with Gasteiger partial charge in [0.2, 0.25) is 6.61 Å². The molecule has 8 heteroatoms. The molecule has 160 valence electrons. The van der Waals surface area contributed by atoms with Gasteiger partial charge in [0.15, 0.2) is 0 Å². The van der Waals surface area contributed by atoms with E-state index < -0.39 is 11.7 Å². The van der Waals surface area contributed by atoms with Gasteiger partial charge in [-0.2, -0.15) is 13.2 Å². The van der Waals surface area contributed by atoms with Crippen molar-refractivity contribution in [3.05, 3.63) is 77.5 Å². The Bertz CT molecular complexity index is 1110. The van der Waals surface area contributed by atoms with Gasteiger partial charge in [-0.05, 0) is 55.0 Å². The van der Waals surface area contributed by atoms with Gasteiger partial charge in [0, 0.05) is 16.2 Å². The third kappa shape index (κ3) is 6.13. The van der Waals surface area contributed by atoms with Gasteiger partial charge in [0.1, 0.15) is 5.75 Å². The number of aliphatic hydroxyl groups is 1. The summed E-state index contributed by atoms with van der Waals surface area (Å²) >= 11 is 1.59. The molecule has 0 radical (unpaired) electrons. The molecule has 1 aromatic heterocycles. The van der Waals surface area contributed by atoms with E-state index in [1.54, 1.807) is 17.8 Å². The molecule has 4 nitrogen and oxygen atoms in total. The third-order valence-electron chi connectivity index (χ3n) is 4.39. The average Bonchev–Trinajstić information content (AvgIpc) is 2.76. The predicted octanol–water partition coefficient (Wildman–Crippen LogP) is 5.47.